The van der Waals surface area contributed by atoms with Crippen molar-refractivity contribution >= 4 is 12.3 Å². The van der Waals surface area contributed by atoms with Crippen LogP contribution < -0.4 is 0 Å². The van der Waals surface area contributed by atoms with Gasteiger partial charge >= 0.3 is 0 Å². The van der Waals surface area contributed by atoms with Crippen molar-refractivity contribution in [3.8, 4) is 0 Å². The first-order valence-electron chi connectivity index (χ1n) is 6.93. The summed E-state index contributed by atoms with van der Waals surface area (Å²) in [4.78, 5) is 22.2. The minimum absolute atomic E-state index is 0.153. The van der Waals surface area contributed by atoms with E-state index in [-0.39, 0.29) is 6.10 Å². The van der Waals surface area contributed by atoms with E-state index < -0.39 is 0 Å². The van der Waals surface area contributed by atoms with Gasteiger partial charge in [-0.25, -0.2) is 0 Å². The summed E-state index contributed by atoms with van der Waals surface area (Å²) in [6, 6.07) is 9.91. The minimum Gasteiger partial charge on any atom is -0.459 e. The number of fused-ring (bicyclic) bond motifs is 1. The quantitative estimate of drug-likeness (QED) is 0.780. The van der Waals surface area contributed by atoms with E-state index in [2.05, 4.69) is 0 Å². The zero-order valence-electron chi connectivity index (χ0n) is 10.8. The topological polar surface area (TPSA) is 43.4 Å². The summed E-state index contributed by atoms with van der Waals surface area (Å²) >= 11 is 0. The molecule has 0 bridgehead atoms. The fourth-order valence-corrected chi connectivity index (χ4v) is 3.84. The Balaban J connectivity index is 1.76. The van der Waals surface area contributed by atoms with Crippen molar-refractivity contribution in [2.24, 2.45) is 17.8 Å². The van der Waals surface area contributed by atoms with Crippen LogP contribution in [0, 0.1) is 17.8 Å². The maximum atomic E-state index is 11.4. The number of carbonyl (C=O) groups excluding carboxylic acids is 2. The van der Waals surface area contributed by atoms with Crippen molar-refractivity contribution in [1.82, 2.24) is 0 Å². The number of carbonyl (C=O) groups is 2. The smallest absolute Gasteiger partial charge is 0.293 e. The highest BCUT2D eigenvalue weighted by molar-refractivity contribution is 5.81. The van der Waals surface area contributed by atoms with E-state index in [9.17, 15) is 9.59 Å². The second kappa shape index (κ2) is 5.16. The first kappa shape index (κ1) is 12.4. The lowest BCUT2D eigenvalue weighted by Crippen LogP contribution is -2.14. The number of ether oxygens (including phenoxy) is 1. The van der Waals surface area contributed by atoms with Crippen LogP contribution in [0.2, 0.25) is 0 Å². The van der Waals surface area contributed by atoms with Gasteiger partial charge in [0.15, 0.2) is 0 Å². The summed E-state index contributed by atoms with van der Waals surface area (Å²) in [5, 5.41) is 0. The van der Waals surface area contributed by atoms with Gasteiger partial charge in [0.1, 0.15) is 11.9 Å². The molecule has 3 nitrogen and oxygen atoms in total. The van der Waals surface area contributed by atoms with Crippen molar-refractivity contribution < 1.29 is 14.3 Å². The molecule has 0 spiro atoms. The molecule has 3 rings (SSSR count). The van der Waals surface area contributed by atoms with Gasteiger partial charge in [-0.1, -0.05) is 30.3 Å². The number of rotatable bonds is 4. The Bertz CT molecular complexity index is 452. The molecule has 0 radical (unpaired) electrons. The van der Waals surface area contributed by atoms with E-state index in [4.69, 9.17) is 4.74 Å². The molecule has 2 fully saturated rings. The lowest BCUT2D eigenvalue weighted by atomic mass is 9.92. The Morgan fingerprint density at radius 2 is 1.74 bits per heavy atom. The third kappa shape index (κ3) is 2.42. The molecule has 3 heteroatoms. The summed E-state index contributed by atoms with van der Waals surface area (Å²) in [7, 11) is 0. The number of ketones is 1. The first-order valence-corrected chi connectivity index (χ1v) is 6.93. The molecule has 0 saturated heterocycles. The highest BCUT2D eigenvalue weighted by Gasteiger charge is 2.44. The molecule has 0 N–H and O–H groups in total. The molecule has 19 heavy (non-hydrogen) atoms. The van der Waals surface area contributed by atoms with Crippen LogP contribution in [0.15, 0.2) is 30.3 Å². The molecule has 0 amide bonds. The highest BCUT2D eigenvalue weighted by atomic mass is 16.5. The second-order valence-corrected chi connectivity index (χ2v) is 5.76. The third-order valence-corrected chi connectivity index (χ3v) is 4.62. The second-order valence-electron chi connectivity index (χ2n) is 5.76. The van der Waals surface area contributed by atoms with Gasteiger partial charge in [0, 0.05) is 18.8 Å². The van der Waals surface area contributed by atoms with E-state index >= 15 is 0 Å². The predicted molar refractivity (Wildman–Crippen MR) is 70.3 cm³/mol. The molecule has 1 aromatic carbocycles. The van der Waals surface area contributed by atoms with E-state index in [1.807, 2.05) is 30.3 Å². The SMILES string of the molecule is O=COC(c1ccccc1)C1CC2CC(=O)CC2C1. The maximum Gasteiger partial charge on any atom is 0.293 e. The van der Waals surface area contributed by atoms with Crippen LogP contribution in [0.5, 0.6) is 0 Å². The third-order valence-electron chi connectivity index (χ3n) is 4.62. The molecule has 3 atom stereocenters. The van der Waals surface area contributed by atoms with Crippen LogP contribution in [0.4, 0.5) is 0 Å². The molecule has 100 valence electrons. The molecule has 2 aliphatic carbocycles. The lowest BCUT2D eigenvalue weighted by molar-refractivity contribution is -0.137. The molecule has 0 aromatic heterocycles. The summed E-state index contributed by atoms with van der Waals surface area (Å²) in [6.07, 6.45) is 3.31. The van der Waals surface area contributed by atoms with Gasteiger partial charge in [-0.2, -0.15) is 0 Å². The van der Waals surface area contributed by atoms with Crippen LogP contribution in [0.25, 0.3) is 0 Å². The Hall–Kier alpha value is -1.64. The van der Waals surface area contributed by atoms with Crippen LogP contribution in [0.1, 0.15) is 37.4 Å². The van der Waals surface area contributed by atoms with Crippen molar-refractivity contribution in [2.45, 2.75) is 31.8 Å². The van der Waals surface area contributed by atoms with E-state index in [1.54, 1.807) is 0 Å². The van der Waals surface area contributed by atoms with Gasteiger partial charge in [-0.05, 0) is 30.2 Å². The summed E-state index contributed by atoms with van der Waals surface area (Å²) in [6.45, 7) is 0.552. The maximum absolute atomic E-state index is 11.4. The first-order chi connectivity index (χ1) is 9.28. The fourth-order valence-electron chi connectivity index (χ4n) is 3.84. The fraction of sp³-hybridized carbons (Fsp3) is 0.500. The molecule has 3 unspecified atom stereocenters. The summed E-state index contributed by atoms with van der Waals surface area (Å²) in [5.41, 5.74) is 1.06. The summed E-state index contributed by atoms with van der Waals surface area (Å²) in [5.74, 6) is 1.79. The van der Waals surface area contributed by atoms with Gasteiger partial charge in [0.25, 0.3) is 6.47 Å². The number of Topliss-reactive ketones (excluding diaryl/α,β-unsaturated/α-hetero) is 1. The molecule has 1 aromatic rings. The summed E-state index contributed by atoms with van der Waals surface area (Å²) < 4.78 is 5.34. The van der Waals surface area contributed by atoms with Gasteiger partial charge in [0.2, 0.25) is 0 Å². The van der Waals surface area contributed by atoms with Gasteiger partial charge in [-0.3, -0.25) is 9.59 Å². The van der Waals surface area contributed by atoms with E-state index in [1.165, 1.54) is 0 Å². The highest BCUT2D eigenvalue weighted by Crippen LogP contribution is 2.50. The van der Waals surface area contributed by atoms with Crippen LogP contribution >= 0.6 is 0 Å². The normalized spacial score (nSPS) is 30.9. The number of hydrogen-bond acceptors (Lipinski definition) is 3. The van der Waals surface area contributed by atoms with E-state index in [0.717, 1.165) is 31.2 Å². The molecular weight excluding hydrogens is 240 g/mol. The van der Waals surface area contributed by atoms with Crippen LogP contribution in [-0.4, -0.2) is 12.3 Å². The van der Waals surface area contributed by atoms with Crippen molar-refractivity contribution in [1.29, 1.82) is 0 Å². The number of hydrogen-bond donors (Lipinski definition) is 0. The zero-order chi connectivity index (χ0) is 13.2. The number of benzene rings is 1. The Labute approximate surface area is 113 Å². The largest absolute Gasteiger partial charge is 0.459 e. The molecule has 0 heterocycles. The molecule has 0 aliphatic heterocycles. The molecule has 2 aliphatic rings. The molecule has 2 saturated carbocycles. The average Bonchev–Trinajstić information content (AvgIpc) is 2.94. The van der Waals surface area contributed by atoms with Gasteiger partial charge in [0.05, 0.1) is 0 Å². The van der Waals surface area contributed by atoms with Crippen LogP contribution in [-0.2, 0) is 14.3 Å². The standard InChI is InChI=1S/C16H18O3/c17-10-19-16(11-4-2-1-3-5-11)14-6-12-8-15(18)9-13(12)7-14/h1-5,10,12-14,16H,6-9H2. The predicted octanol–water partition coefficient (Wildman–Crippen LogP) is 2.91. The van der Waals surface area contributed by atoms with E-state index in [0.29, 0.717) is 30.0 Å². The Morgan fingerprint density at radius 1 is 1.11 bits per heavy atom. The lowest BCUT2D eigenvalue weighted by Gasteiger charge is -2.22. The van der Waals surface area contributed by atoms with Crippen LogP contribution in [0.3, 0.4) is 0 Å². The van der Waals surface area contributed by atoms with Gasteiger partial charge < -0.3 is 4.74 Å². The molecular formula is C16H18O3. The van der Waals surface area contributed by atoms with Crippen molar-refractivity contribution in [3.63, 3.8) is 0 Å². The zero-order valence-corrected chi connectivity index (χ0v) is 10.8. The van der Waals surface area contributed by atoms with Crippen molar-refractivity contribution in [3.05, 3.63) is 35.9 Å². The average molecular weight is 258 g/mol. The Kier molecular flexibility index (Phi) is 3.36. The minimum atomic E-state index is -0.153. The van der Waals surface area contributed by atoms with Crippen molar-refractivity contribution in [2.75, 3.05) is 0 Å². The Morgan fingerprint density at radius 3 is 2.32 bits per heavy atom. The monoisotopic (exact) mass is 258 g/mol. The van der Waals surface area contributed by atoms with Gasteiger partial charge in [-0.15, -0.1) is 0 Å².